The normalized spacial score (nSPS) is 9.50. The molecule has 0 saturated heterocycles. The maximum absolute atomic E-state index is 10.3. The first-order valence-corrected chi connectivity index (χ1v) is 3.95. The molecule has 0 saturated carbocycles. The molecule has 1 rings (SSSR count). The second-order valence-electron chi connectivity index (χ2n) is 2.41. The van der Waals surface area contributed by atoms with Gasteiger partial charge in [-0.3, -0.25) is 4.79 Å². The van der Waals surface area contributed by atoms with Crippen LogP contribution in [0, 0.1) is 10.1 Å². The molecule has 0 fully saturated rings. The molecule has 0 aliphatic rings. The van der Waals surface area contributed by atoms with Crippen molar-refractivity contribution >= 4 is 17.9 Å². The van der Waals surface area contributed by atoms with E-state index < -0.39 is 5.09 Å². The topological polar surface area (TPSA) is 69.4 Å². The third-order valence-electron chi connectivity index (χ3n) is 1.48. The van der Waals surface area contributed by atoms with Gasteiger partial charge in [-0.25, -0.2) is 0 Å². The van der Waals surface area contributed by atoms with Crippen molar-refractivity contribution in [3.05, 3.63) is 44.5 Å². The molecule has 0 aliphatic carbocycles. The highest BCUT2D eigenvalue weighted by Crippen LogP contribution is 2.16. The molecule has 0 bridgehead atoms. The highest BCUT2D eigenvalue weighted by atomic mass is 35.5. The van der Waals surface area contributed by atoms with Gasteiger partial charge in [-0.2, -0.15) is 0 Å². The largest absolute Gasteiger partial charge is 0.309 e. The number of carbonyl (C=O) groups excluding carboxylic acids is 1. The number of nitrogens with zero attached hydrogens (tertiary/aromatic N) is 1. The predicted molar refractivity (Wildman–Crippen MR) is 48.0 cm³/mol. The average molecular weight is 215 g/mol. The maximum Gasteiger partial charge on any atom is 0.294 e. The van der Waals surface area contributed by atoms with E-state index in [0.29, 0.717) is 5.56 Å². The Balaban J connectivity index is 2.79. The van der Waals surface area contributed by atoms with Gasteiger partial charge in [-0.1, -0.05) is 17.7 Å². The molecule has 0 amide bonds. The van der Waals surface area contributed by atoms with Crippen LogP contribution in [0.2, 0.25) is 5.02 Å². The first-order chi connectivity index (χ1) is 6.63. The third kappa shape index (κ3) is 2.70. The van der Waals surface area contributed by atoms with Gasteiger partial charge in [0.05, 0.1) is 5.02 Å². The lowest BCUT2D eigenvalue weighted by Crippen LogP contribution is -2.00. The summed E-state index contributed by atoms with van der Waals surface area (Å²) in [5.74, 6) is 0. The number of hydrogen-bond donors (Lipinski definition) is 0. The smallest absolute Gasteiger partial charge is 0.294 e. The molecule has 6 heteroatoms. The third-order valence-corrected chi connectivity index (χ3v) is 1.81. The summed E-state index contributed by atoms with van der Waals surface area (Å²) in [4.78, 5) is 24.3. The van der Waals surface area contributed by atoms with Crippen molar-refractivity contribution in [1.82, 2.24) is 0 Å². The van der Waals surface area contributed by atoms with Gasteiger partial charge in [0.2, 0.25) is 6.29 Å². The lowest BCUT2D eigenvalue weighted by Gasteiger charge is -2.01. The van der Waals surface area contributed by atoms with Crippen molar-refractivity contribution < 1.29 is 14.7 Å². The Morgan fingerprint density at radius 1 is 1.57 bits per heavy atom. The molecule has 0 atom stereocenters. The summed E-state index contributed by atoms with van der Waals surface area (Å²) in [6.07, 6.45) is 1.62. The van der Waals surface area contributed by atoms with Crippen LogP contribution < -0.4 is 0 Å². The molecule has 0 N–H and O–H groups in total. The minimum Gasteiger partial charge on any atom is -0.309 e. The highest BCUT2D eigenvalue weighted by Gasteiger charge is 2.03. The van der Waals surface area contributed by atoms with Crippen molar-refractivity contribution in [2.45, 2.75) is 6.61 Å². The van der Waals surface area contributed by atoms with E-state index >= 15 is 0 Å². The van der Waals surface area contributed by atoms with Crippen LogP contribution in [0.25, 0.3) is 0 Å². The van der Waals surface area contributed by atoms with Crippen LogP contribution in [-0.2, 0) is 16.2 Å². The summed E-state index contributed by atoms with van der Waals surface area (Å²) in [6, 6.07) is 4.38. The van der Waals surface area contributed by atoms with Crippen LogP contribution >= 0.6 is 11.6 Å². The summed E-state index contributed by atoms with van der Waals surface area (Å²) in [6.45, 7) is -0.209. The average Bonchev–Trinajstić information content (AvgIpc) is 2.16. The molecule has 1 radical (unpaired) electrons. The fourth-order valence-corrected chi connectivity index (χ4v) is 1.02. The number of benzene rings is 1. The zero-order valence-electron chi connectivity index (χ0n) is 6.90. The molecule has 0 aliphatic heterocycles. The fraction of sp³-hybridized carbons (Fsp3) is 0.125. The summed E-state index contributed by atoms with van der Waals surface area (Å²) >= 11 is 5.62. The number of halogens is 1. The van der Waals surface area contributed by atoms with Crippen molar-refractivity contribution in [2.75, 3.05) is 0 Å². The molecule has 0 aromatic heterocycles. The summed E-state index contributed by atoms with van der Waals surface area (Å²) in [5, 5.41) is 9.22. The molecule has 0 unspecified atom stereocenters. The van der Waals surface area contributed by atoms with Gasteiger partial charge >= 0.3 is 0 Å². The molecular weight excluding hydrogens is 210 g/mol. The van der Waals surface area contributed by atoms with E-state index in [4.69, 9.17) is 11.6 Å². The van der Waals surface area contributed by atoms with Gasteiger partial charge in [-0.05, 0) is 17.7 Å². The monoisotopic (exact) mass is 214 g/mol. The van der Waals surface area contributed by atoms with E-state index in [2.05, 4.69) is 4.84 Å². The number of rotatable bonds is 4. The van der Waals surface area contributed by atoms with Crippen LogP contribution in [0.1, 0.15) is 11.1 Å². The first kappa shape index (κ1) is 10.5. The summed E-state index contributed by atoms with van der Waals surface area (Å²) < 4.78 is 0. The van der Waals surface area contributed by atoms with E-state index in [1.54, 1.807) is 6.29 Å². The van der Waals surface area contributed by atoms with Crippen molar-refractivity contribution in [1.29, 1.82) is 0 Å². The van der Waals surface area contributed by atoms with Crippen molar-refractivity contribution in [3.8, 4) is 0 Å². The second-order valence-corrected chi connectivity index (χ2v) is 2.82. The van der Waals surface area contributed by atoms with E-state index in [-0.39, 0.29) is 17.2 Å². The Labute approximate surface area is 84.3 Å². The fourth-order valence-electron chi connectivity index (χ4n) is 0.868. The van der Waals surface area contributed by atoms with Gasteiger partial charge < -0.3 is 4.84 Å². The summed E-state index contributed by atoms with van der Waals surface area (Å²) in [7, 11) is 0. The van der Waals surface area contributed by atoms with Crippen molar-refractivity contribution in [3.63, 3.8) is 0 Å². The predicted octanol–water partition coefficient (Wildman–Crippen LogP) is 1.51. The summed E-state index contributed by atoms with van der Waals surface area (Å²) in [5.41, 5.74) is 0.653. The van der Waals surface area contributed by atoms with E-state index in [1.807, 2.05) is 0 Å². The van der Waals surface area contributed by atoms with Crippen LogP contribution in [0.4, 0.5) is 0 Å². The van der Waals surface area contributed by atoms with Gasteiger partial charge in [0.25, 0.3) is 5.09 Å². The van der Waals surface area contributed by atoms with Gasteiger partial charge in [0.15, 0.2) is 0 Å². The van der Waals surface area contributed by atoms with Crippen LogP contribution in [0.15, 0.2) is 18.2 Å². The Hall–Kier alpha value is -1.62. The molecular formula is C8H5ClNO4. The quantitative estimate of drug-likeness (QED) is 0.563. The van der Waals surface area contributed by atoms with E-state index in [0.717, 1.165) is 0 Å². The SMILES string of the molecule is O=[C]c1cc(CO[N+](=O)[O-])ccc1Cl. The second kappa shape index (κ2) is 4.57. The minimum atomic E-state index is -0.904. The Kier molecular flexibility index (Phi) is 3.41. The molecule has 0 spiro atoms. The lowest BCUT2D eigenvalue weighted by atomic mass is 10.1. The van der Waals surface area contributed by atoms with Crippen LogP contribution in [-0.4, -0.2) is 11.4 Å². The Morgan fingerprint density at radius 3 is 2.86 bits per heavy atom. The van der Waals surface area contributed by atoms with Crippen LogP contribution in [0.5, 0.6) is 0 Å². The van der Waals surface area contributed by atoms with E-state index in [1.165, 1.54) is 18.2 Å². The molecule has 73 valence electrons. The van der Waals surface area contributed by atoms with Gasteiger partial charge in [0.1, 0.15) is 6.61 Å². The van der Waals surface area contributed by atoms with Crippen LogP contribution in [0.3, 0.4) is 0 Å². The standard InChI is InChI=1S/C8H5ClNO4/c9-8-2-1-6(3-7(8)4-11)5-14-10(12)13/h1-3H,5H2. The molecule has 14 heavy (non-hydrogen) atoms. The Bertz CT molecular complexity index is 366. The van der Waals surface area contributed by atoms with E-state index in [9.17, 15) is 14.9 Å². The minimum absolute atomic E-state index is 0.163. The van der Waals surface area contributed by atoms with Crippen molar-refractivity contribution in [2.24, 2.45) is 0 Å². The zero-order valence-corrected chi connectivity index (χ0v) is 7.65. The molecule has 0 heterocycles. The van der Waals surface area contributed by atoms with Gasteiger partial charge in [-0.15, -0.1) is 10.1 Å². The maximum atomic E-state index is 10.3. The molecule has 1 aromatic carbocycles. The Morgan fingerprint density at radius 2 is 2.29 bits per heavy atom. The first-order valence-electron chi connectivity index (χ1n) is 3.57. The zero-order chi connectivity index (χ0) is 10.6. The van der Waals surface area contributed by atoms with Gasteiger partial charge in [0, 0.05) is 5.56 Å². The lowest BCUT2D eigenvalue weighted by molar-refractivity contribution is -0.763. The highest BCUT2D eigenvalue weighted by molar-refractivity contribution is 6.32. The molecule has 5 nitrogen and oxygen atoms in total. The molecule has 1 aromatic rings. The number of hydrogen-bond acceptors (Lipinski definition) is 4.